The topological polar surface area (TPSA) is 54.0 Å². The van der Waals surface area contributed by atoms with E-state index >= 15 is 0 Å². The Morgan fingerprint density at radius 3 is 2.09 bits per heavy atom. The lowest BCUT2D eigenvalue weighted by atomic mass is 10.2. The molecule has 0 fully saturated rings. The van der Waals surface area contributed by atoms with Crippen LogP contribution in [0.5, 0.6) is 11.5 Å². The minimum Gasteiger partial charge on any atom is -0.491 e. The van der Waals surface area contributed by atoms with E-state index in [2.05, 4.69) is 6.92 Å². The van der Waals surface area contributed by atoms with E-state index in [0.717, 1.165) is 18.8 Å². The third-order valence-electron chi connectivity index (χ3n) is 3.10. The van der Waals surface area contributed by atoms with Gasteiger partial charge in [0.05, 0.1) is 19.8 Å². The quantitative estimate of drug-likeness (QED) is 0.315. The molecular weight excluding hydrogens is 296 g/mol. The molecule has 0 saturated carbocycles. The van der Waals surface area contributed by atoms with Crippen molar-refractivity contribution < 1.29 is 23.7 Å². The smallest absolute Gasteiger partial charge is 0.308 e. The first-order chi connectivity index (χ1) is 11.2. The highest BCUT2D eigenvalue weighted by Crippen LogP contribution is 2.17. The second-order valence-electron chi connectivity index (χ2n) is 5.20. The van der Waals surface area contributed by atoms with Crippen LogP contribution in [0.2, 0.25) is 0 Å². The molecule has 1 aromatic carbocycles. The van der Waals surface area contributed by atoms with Crippen molar-refractivity contribution in [1.29, 1.82) is 0 Å². The van der Waals surface area contributed by atoms with E-state index in [1.165, 1.54) is 26.2 Å². The summed E-state index contributed by atoms with van der Waals surface area (Å²) >= 11 is 0. The Morgan fingerprint density at radius 2 is 1.43 bits per heavy atom. The molecular formula is C18H28O5. The molecule has 0 spiro atoms. The summed E-state index contributed by atoms with van der Waals surface area (Å²) in [5.41, 5.74) is 0. The zero-order valence-electron chi connectivity index (χ0n) is 14.2. The van der Waals surface area contributed by atoms with Crippen molar-refractivity contribution in [2.75, 3.05) is 33.0 Å². The molecule has 0 atom stereocenters. The van der Waals surface area contributed by atoms with Crippen LogP contribution in [0.25, 0.3) is 0 Å². The molecule has 0 unspecified atom stereocenters. The Morgan fingerprint density at radius 1 is 0.826 bits per heavy atom. The zero-order valence-corrected chi connectivity index (χ0v) is 14.2. The molecule has 0 aliphatic heterocycles. The van der Waals surface area contributed by atoms with Crippen LogP contribution >= 0.6 is 0 Å². The predicted molar refractivity (Wildman–Crippen MR) is 89.0 cm³/mol. The summed E-state index contributed by atoms with van der Waals surface area (Å²) in [4.78, 5) is 10.8. The summed E-state index contributed by atoms with van der Waals surface area (Å²) < 4.78 is 21.4. The summed E-state index contributed by atoms with van der Waals surface area (Å²) in [6.07, 6.45) is 4.89. The van der Waals surface area contributed by atoms with Crippen LogP contribution in [0.15, 0.2) is 24.3 Å². The Balaban J connectivity index is 1.95. The van der Waals surface area contributed by atoms with E-state index in [9.17, 15) is 4.79 Å². The standard InChI is InChI=1S/C18H28O5/c1-3-4-5-6-11-20-12-13-21-14-15-22-17-7-9-18(10-8-17)23-16(2)19/h7-10H,3-6,11-15H2,1-2H3. The number of esters is 1. The average molecular weight is 324 g/mol. The van der Waals surface area contributed by atoms with E-state index in [1.54, 1.807) is 24.3 Å². The van der Waals surface area contributed by atoms with Gasteiger partial charge < -0.3 is 18.9 Å². The molecule has 130 valence electrons. The van der Waals surface area contributed by atoms with Crippen LogP contribution in [0.1, 0.15) is 39.5 Å². The van der Waals surface area contributed by atoms with Gasteiger partial charge in [-0.15, -0.1) is 0 Å². The Kier molecular flexibility index (Phi) is 10.9. The van der Waals surface area contributed by atoms with Gasteiger partial charge in [0.15, 0.2) is 0 Å². The van der Waals surface area contributed by atoms with Gasteiger partial charge >= 0.3 is 5.97 Å². The largest absolute Gasteiger partial charge is 0.491 e. The summed E-state index contributed by atoms with van der Waals surface area (Å²) in [5.74, 6) is 0.897. The van der Waals surface area contributed by atoms with Gasteiger partial charge in [0.25, 0.3) is 0 Å². The van der Waals surface area contributed by atoms with E-state index < -0.39 is 0 Å². The van der Waals surface area contributed by atoms with Crippen LogP contribution in [0, 0.1) is 0 Å². The van der Waals surface area contributed by atoms with Gasteiger partial charge in [0.1, 0.15) is 18.1 Å². The lowest BCUT2D eigenvalue weighted by Crippen LogP contribution is -2.11. The maximum Gasteiger partial charge on any atom is 0.308 e. The van der Waals surface area contributed by atoms with Crippen LogP contribution in [0.4, 0.5) is 0 Å². The van der Waals surface area contributed by atoms with Gasteiger partial charge in [-0.3, -0.25) is 4.79 Å². The van der Waals surface area contributed by atoms with E-state index in [4.69, 9.17) is 18.9 Å². The molecule has 0 heterocycles. The van der Waals surface area contributed by atoms with Gasteiger partial charge in [-0.1, -0.05) is 26.2 Å². The molecule has 1 aromatic rings. The third kappa shape index (κ3) is 10.7. The van der Waals surface area contributed by atoms with Crippen molar-refractivity contribution in [1.82, 2.24) is 0 Å². The van der Waals surface area contributed by atoms with Crippen molar-refractivity contribution >= 4 is 5.97 Å². The molecule has 0 saturated heterocycles. The van der Waals surface area contributed by atoms with Gasteiger partial charge in [-0.25, -0.2) is 0 Å². The van der Waals surface area contributed by atoms with E-state index in [1.807, 2.05) is 0 Å². The molecule has 0 N–H and O–H groups in total. The number of rotatable bonds is 13. The van der Waals surface area contributed by atoms with Crippen molar-refractivity contribution in [3.05, 3.63) is 24.3 Å². The number of hydrogen-bond acceptors (Lipinski definition) is 5. The maximum absolute atomic E-state index is 10.8. The molecule has 5 heteroatoms. The fourth-order valence-electron chi connectivity index (χ4n) is 1.94. The summed E-state index contributed by atoms with van der Waals surface area (Å²) in [7, 11) is 0. The summed E-state index contributed by atoms with van der Waals surface area (Å²) in [5, 5.41) is 0. The minimum atomic E-state index is -0.334. The van der Waals surface area contributed by atoms with Crippen molar-refractivity contribution in [3.63, 3.8) is 0 Å². The second kappa shape index (κ2) is 12.9. The number of benzene rings is 1. The normalized spacial score (nSPS) is 10.5. The number of hydrogen-bond donors (Lipinski definition) is 0. The third-order valence-corrected chi connectivity index (χ3v) is 3.10. The lowest BCUT2D eigenvalue weighted by Gasteiger charge is -2.08. The van der Waals surface area contributed by atoms with Crippen LogP contribution in [-0.2, 0) is 14.3 Å². The first-order valence-electron chi connectivity index (χ1n) is 8.29. The molecule has 23 heavy (non-hydrogen) atoms. The minimum absolute atomic E-state index is 0.334. The second-order valence-corrected chi connectivity index (χ2v) is 5.20. The molecule has 0 aliphatic rings. The highest BCUT2D eigenvalue weighted by Gasteiger charge is 1.99. The molecule has 0 aromatic heterocycles. The van der Waals surface area contributed by atoms with Gasteiger partial charge in [0.2, 0.25) is 0 Å². The fraction of sp³-hybridized carbons (Fsp3) is 0.611. The fourth-order valence-corrected chi connectivity index (χ4v) is 1.94. The van der Waals surface area contributed by atoms with Crippen LogP contribution < -0.4 is 9.47 Å². The van der Waals surface area contributed by atoms with E-state index in [0.29, 0.717) is 32.2 Å². The van der Waals surface area contributed by atoms with Crippen molar-refractivity contribution in [3.8, 4) is 11.5 Å². The number of carbonyl (C=O) groups is 1. The number of ether oxygens (including phenoxy) is 4. The summed E-state index contributed by atoms with van der Waals surface area (Å²) in [6.45, 7) is 6.59. The molecule has 5 nitrogen and oxygen atoms in total. The van der Waals surface area contributed by atoms with Crippen LogP contribution in [-0.4, -0.2) is 39.0 Å². The van der Waals surface area contributed by atoms with Gasteiger partial charge in [0, 0.05) is 13.5 Å². The maximum atomic E-state index is 10.8. The summed E-state index contributed by atoms with van der Waals surface area (Å²) in [6, 6.07) is 6.92. The SMILES string of the molecule is CCCCCCOCCOCCOc1ccc(OC(C)=O)cc1. The van der Waals surface area contributed by atoms with Crippen LogP contribution in [0.3, 0.4) is 0 Å². The van der Waals surface area contributed by atoms with E-state index in [-0.39, 0.29) is 5.97 Å². The highest BCUT2D eigenvalue weighted by atomic mass is 16.5. The first kappa shape index (κ1) is 19.5. The Bertz CT molecular complexity index is 416. The van der Waals surface area contributed by atoms with Gasteiger partial charge in [-0.2, -0.15) is 0 Å². The van der Waals surface area contributed by atoms with Crippen molar-refractivity contribution in [2.45, 2.75) is 39.5 Å². The molecule has 0 radical (unpaired) electrons. The number of unbranched alkanes of at least 4 members (excludes halogenated alkanes) is 3. The molecule has 1 rings (SSSR count). The molecule has 0 aliphatic carbocycles. The molecule has 0 bridgehead atoms. The predicted octanol–water partition coefficient (Wildman–Crippen LogP) is 3.60. The Labute approximate surface area is 138 Å². The zero-order chi connectivity index (χ0) is 16.8. The first-order valence-corrected chi connectivity index (χ1v) is 8.29. The average Bonchev–Trinajstić information content (AvgIpc) is 2.53. The monoisotopic (exact) mass is 324 g/mol. The highest BCUT2D eigenvalue weighted by molar-refractivity contribution is 5.69. The van der Waals surface area contributed by atoms with Gasteiger partial charge in [-0.05, 0) is 30.7 Å². The van der Waals surface area contributed by atoms with Crippen molar-refractivity contribution in [2.24, 2.45) is 0 Å². The Hall–Kier alpha value is -1.59. The number of carbonyl (C=O) groups excluding carboxylic acids is 1. The molecule has 0 amide bonds. The lowest BCUT2D eigenvalue weighted by molar-refractivity contribution is -0.131.